The maximum atomic E-state index is 12.5. The number of carbonyl (C=O) groups excluding carboxylic acids is 1. The number of para-hydroxylation sites is 2. The van der Waals surface area contributed by atoms with E-state index in [1.54, 1.807) is 42.5 Å². The van der Waals surface area contributed by atoms with Crippen LogP contribution in [-0.2, 0) is 0 Å². The van der Waals surface area contributed by atoms with Gasteiger partial charge in [-0.15, -0.1) is 11.8 Å². The summed E-state index contributed by atoms with van der Waals surface area (Å²) in [6.45, 7) is 0. The van der Waals surface area contributed by atoms with Crippen molar-refractivity contribution in [2.24, 2.45) is 0 Å². The fourth-order valence-corrected chi connectivity index (χ4v) is 3.39. The number of benzene rings is 2. The van der Waals surface area contributed by atoms with Crippen LogP contribution < -0.4 is 5.32 Å². The molecule has 0 aliphatic rings. The van der Waals surface area contributed by atoms with Crippen LogP contribution in [0.3, 0.4) is 0 Å². The topological polar surface area (TPSA) is 59.8 Å². The van der Waals surface area contributed by atoms with Crippen LogP contribution in [0, 0.1) is 0 Å². The van der Waals surface area contributed by atoms with Crippen molar-refractivity contribution in [3.63, 3.8) is 0 Å². The summed E-state index contributed by atoms with van der Waals surface area (Å²) in [6.07, 6.45) is 5.31. The van der Waals surface area contributed by atoms with Crippen molar-refractivity contribution in [3.05, 3.63) is 77.7 Å². The van der Waals surface area contributed by atoms with E-state index >= 15 is 0 Å². The maximum Gasteiger partial charge on any atom is 0.257 e. The van der Waals surface area contributed by atoms with E-state index in [0.29, 0.717) is 16.3 Å². The molecular weight excluding hydrogens is 380 g/mol. The average molecular weight is 395 g/mol. The van der Waals surface area contributed by atoms with Gasteiger partial charge in [0.05, 0.1) is 33.5 Å². The van der Waals surface area contributed by atoms with Gasteiger partial charge in [0, 0.05) is 4.90 Å². The highest BCUT2D eigenvalue weighted by atomic mass is 35.5. The van der Waals surface area contributed by atoms with Gasteiger partial charge in [-0.25, -0.2) is 9.97 Å². The van der Waals surface area contributed by atoms with Gasteiger partial charge in [0.15, 0.2) is 0 Å². The molecule has 2 heterocycles. The van der Waals surface area contributed by atoms with Gasteiger partial charge in [-0.05, 0) is 48.7 Å². The minimum Gasteiger partial charge on any atom is -0.321 e. The molecule has 0 bridgehead atoms. The molecule has 4 aromatic rings. The van der Waals surface area contributed by atoms with Gasteiger partial charge in [-0.3, -0.25) is 9.36 Å². The Bertz CT molecular complexity index is 1120. The second kappa shape index (κ2) is 7.42. The van der Waals surface area contributed by atoms with E-state index in [-0.39, 0.29) is 5.91 Å². The monoisotopic (exact) mass is 394 g/mol. The predicted octanol–water partition coefficient (Wildman–Crippen LogP) is 5.05. The molecule has 27 heavy (non-hydrogen) atoms. The van der Waals surface area contributed by atoms with Gasteiger partial charge in [0.1, 0.15) is 12.1 Å². The molecule has 1 N–H and O–H groups in total. The van der Waals surface area contributed by atoms with Crippen LogP contribution in [0.4, 0.5) is 5.69 Å². The quantitative estimate of drug-likeness (QED) is 0.492. The number of rotatable bonds is 4. The molecule has 5 nitrogen and oxygen atoms in total. The zero-order valence-electron chi connectivity index (χ0n) is 14.4. The highest BCUT2D eigenvalue weighted by molar-refractivity contribution is 7.98. The number of amides is 1. The first-order valence-corrected chi connectivity index (χ1v) is 9.79. The normalized spacial score (nSPS) is 10.9. The first kappa shape index (κ1) is 17.6. The Hall–Kier alpha value is -2.83. The summed E-state index contributed by atoms with van der Waals surface area (Å²) >= 11 is 7.72. The summed E-state index contributed by atoms with van der Waals surface area (Å²) in [7, 11) is 0. The Kier molecular flexibility index (Phi) is 4.83. The van der Waals surface area contributed by atoms with E-state index in [1.165, 1.54) is 0 Å². The summed E-state index contributed by atoms with van der Waals surface area (Å²) in [6, 6.07) is 16.9. The predicted molar refractivity (Wildman–Crippen MR) is 110 cm³/mol. The maximum absolute atomic E-state index is 12.5. The number of imidazole rings is 1. The Morgan fingerprint density at radius 3 is 2.74 bits per heavy atom. The van der Waals surface area contributed by atoms with Gasteiger partial charge >= 0.3 is 0 Å². The largest absolute Gasteiger partial charge is 0.321 e. The molecular formula is C20H15ClN4OS. The molecule has 0 spiro atoms. The first-order chi connectivity index (χ1) is 13.2. The van der Waals surface area contributed by atoms with Crippen LogP contribution in [0.15, 0.2) is 72.0 Å². The summed E-state index contributed by atoms with van der Waals surface area (Å²) in [5, 5.41) is 3.26. The second-order valence-corrected chi connectivity index (χ2v) is 7.10. The minimum absolute atomic E-state index is 0.265. The van der Waals surface area contributed by atoms with Crippen molar-refractivity contribution >= 4 is 46.0 Å². The summed E-state index contributed by atoms with van der Waals surface area (Å²) in [5.41, 5.74) is 2.91. The molecule has 0 fully saturated rings. The number of nitrogens with zero attached hydrogens (tertiary/aromatic N) is 3. The number of nitrogens with one attached hydrogen (secondary N) is 1. The molecule has 0 aliphatic heterocycles. The molecule has 1 amide bonds. The third kappa shape index (κ3) is 3.54. The number of halogens is 1. The number of thioether (sulfide) groups is 1. The second-order valence-electron chi connectivity index (χ2n) is 5.81. The highest BCUT2D eigenvalue weighted by Gasteiger charge is 2.12. The third-order valence-electron chi connectivity index (χ3n) is 4.12. The van der Waals surface area contributed by atoms with E-state index in [0.717, 1.165) is 21.7 Å². The lowest BCUT2D eigenvalue weighted by Gasteiger charge is -2.09. The van der Waals surface area contributed by atoms with Crippen molar-refractivity contribution in [1.82, 2.24) is 14.5 Å². The van der Waals surface area contributed by atoms with Crippen LogP contribution in [-0.4, -0.2) is 26.7 Å². The number of fused-ring (bicyclic) bond motifs is 1. The van der Waals surface area contributed by atoms with Crippen LogP contribution in [0.1, 0.15) is 10.4 Å². The number of carbonyl (C=O) groups is 1. The smallest absolute Gasteiger partial charge is 0.257 e. The minimum atomic E-state index is -0.265. The van der Waals surface area contributed by atoms with Crippen molar-refractivity contribution in [1.29, 1.82) is 0 Å². The van der Waals surface area contributed by atoms with Crippen molar-refractivity contribution in [2.45, 2.75) is 4.90 Å². The fraction of sp³-hybridized carbons (Fsp3) is 0.0500. The molecule has 0 unspecified atom stereocenters. The molecule has 7 heteroatoms. The first-order valence-electron chi connectivity index (χ1n) is 8.19. The molecule has 0 saturated heterocycles. The van der Waals surface area contributed by atoms with E-state index < -0.39 is 0 Å². The van der Waals surface area contributed by atoms with E-state index in [1.807, 2.05) is 47.2 Å². The molecule has 134 valence electrons. The third-order valence-corrected chi connectivity index (χ3v) is 5.18. The Morgan fingerprint density at radius 2 is 1.96 bits per heavy atom. The zero-order chi connectivity index (χ0) is 18.8. The molecule has 0 aliphatic carbocycles. The fourth-order valence-electron chi connectivity index (χ4n) is 2.75. The summed E-state index contributed by atoms with van der Waals surface area (Å²) < 4.78 is 1.90. The zero-order valence-corrected chi connectivity index (χ0v) is 16.0. The van der Waals surface area contributed by atoms with Gasteiger partial charge in [-0.2, -0.15) is 0 Å². The Balaban J connectivity index is 1.57. The van der Waals surface area contributed by atoms with Crippen molar-refractivity contribution < 1.29 is 4.79 Å². The standard InChI is InChI=1S/C20H15ClN4OS/c1-27-14-7-8-16(21)15(10-14)20(26)24-13-6-9-19(22-11-13)25-12-23-17-4-2-3-5-18(17)25/h2-12H,1H3,(H,24,26). The number of aromatic nitrogens is 3. The van der Waals surface area contributed by atoms with Gasteiger partial charge in [0.2, 0.25) is 0 Å². The number of hydrogen-bond donors (Lipinski definition) is 1. The molecule has 0 radical (unpaired) electrons. The SMILES string of the molecule is CSc1ccc(Cl)c(C(=O)Nc2ccc(-n3cnc4ccccc43)nc2)c1. The van der Waals surface area contributed by atoms with Crippen LogP contribution in [0.5, 0.6) is 0 Å². The van der Waals surface area contributed by atoms with Crippen LogP contribution >= 0.6 is 23.4 Å². The lowest BCUT2D eigenvalue weighted by atomic mass is 10.2. The van der Waals surface area contributed by atoms with Crippen LogP contribution in [0.25, 0.3) is 16.9 Å². The van der Waals surface area contributed by atoms with Gasteiger partial charge in [-0.1, -0.05) is 23.7 Å². The molecule has 4 rings (SSSR count). The number of anilines is 1. The van der Waals surface area contributed by atoms with Gasteiger partial charge < -0.3 is 5.32 Å². The number of pyridine rings is 1. The Labute approximate surface area is 165 Å². The summed E-state index contributed by atoms with van der Waals surface area (Å²) in [4.78, 5) is 22.3. The Morgan fingerprint density at radius 1 is 1.11 bits per heavy atom. The number of hydrogen-bond acceptors (Lipinski definition) is 4. The van der Waals surface area contributed by atoms with E-state index in [9.17, 15) is 4.79 Å². The van der Waals surface area contributed by atoms with Crippen LogP contribution in [0.2, 0.25) is 5.02 Å². The summed E-state index contributed by atoms with van der Waals surface area (Å²) in [5.74, 6) is 0.461. The van der Waals surface area contributed by atoms with Crippen molar-refractivity contribution in [3.8, 4) is 5.82 Å². The van der Waals surface area contributed by atoms with E-state index in [2.05, 4.69) is 15.3 Å². The van der Waals surface area contributed by atoms with Crippen molar-refractivity contribution in [2.75, 3.05) is 11.6 Å². The molecule has 2 aromatic heterocycles. The molecule has 2 aromatic carbocycles. The lowest BCUT2D eigenvalue weighted by molar-refractivity contribution is 0.102. The van der Waals surface area contributed by atoms with E-state index in [4.69, 9.17) is 11.6 Å². The van der Waals surface area contributed by atoms with Gasteiger partial charge in [0.25, 0.3) is 5.91 Å². The average Bonchev–Trinajstić information content (AvgIpc) is 3.13. The molecule has 0 atom stereocenters. The molecule has 0 saturated carbocycles. The lowest BCUT2D eigenvalue weighted by Crippen LogP contribution is -2.13. The highest BCUT2D eigenvalue weighted by Crippen LogP contribution is 2.24.